The number of carbonyl (C=O) groups is 2. The molecule has 0 saturated carbocycles. The zero-order valence-corrected chi connectivity index (χ0v) is 22.7. The van der Waals surface area contributed by atoms with E-state index in [1.165, 1.54) is 24.3 Å². The second-order valence-electron chi connectivity index (χ2n) is 10.1. The third-order valence-electron chi connectivity index (χ3n) is 6.05. The van der Waals surface area contributed by atoms with E-state index in [4.69, 9.17) is 0 Å². The van der Waals surface area contributed by atoms with Gasteiger partial charge in [-0.15, -0.1) is 0 Å². The lowest BCUT2D eigenvalue weighted by Gasteiger charge is -2.17. The average molecular weight is 553 g/mol. The fourth-order valence-corrected chi connectivity index (χ4v) is 6.85. The predicted molar refractivity (Wildman–Crippen MR) is 137 cm³/mol. The van der Waals surface area contributed by atoms with Crippen LogP contribution in [0.2, 0.25) is 0 Å². The van der Waals surface area contributed by atoms with Gasteiger partial charge in [0.2, 0.25) is 20.0 Å². The summed E-state index contributed by atoms with van der Waals surface area (Å²) in [5.41, 5.74) is 2.79. The Morgan fingerprint density at radius 3 is 1.38 bits per heavy atom. The van der Waals surface area contributed by atoms with Crippen LogP contribution < -0.4 is 9.44 Å². The molecule has 0 radical (unpaired) electrons. The fraction of sp³-hybridized carbons (Fsp3) is 0.440. The number of nitrogens with one attached hydrogen (secondary N) is 2. The van der Waals surface area contributed by atoms with Crippen LogP contribution in [-0.2, 0) is 36.1 Å². The van der Waals surface area contributed by atoms with Crippen molar-refractivity contribution in [2.75, 3.05) is 0 Å². The second-order valence-corrected chi connectivity index (χ2v) is 13.5. The van der Waals surface area contributed by atoms with Crippen molar-refractivity contribution in [3.8, 4) is 11.1 Å². The summed E-state index contributed by atoms with van der Waals surface area (Å²) in [6, 6.07) is 6.40. The van der Waals surface area contributed by atoms with E-state index >= 15 is 0 Å². The SMILES string of the molecule is CC(C)CC(NS(=O)(=O)c1ccc2c(c1)Cc1cc(S(=O)(=O)NC(CC(C)C)C(=O)O)ccc1-2)C(=O)O. The van der Waals surface area contributed by atoms with Gasteiger partial charge in [-0.05, 0) is 77.6 Å². The monoisotopic (exact) mass is 552 g/mol. The van der Waals surface area contributed by atoms with Crippen molar-refractivity contribution in [3.63, 3.8) is 0 Å². The van der Waals surface area contributed by atoms with Crippen LogP contribution in [0.4, 0.5) is 0 Å². The van der Waals surface area contributed by atoms with E-state index in [-0.39, 0.29) is 40.9 Å². The zero-order valence-electron chi connectivity index (χ0n) is 21.1. The van der Waals surface area contributed by atoms with Crippen LogP contribution in [0.3, 0.4) is 0 Å². The Kier molecular flexibility index (Phi) is 8.47. The van der Waals surface area contributed by atoms with Crippen LogP contribution in [-0.4, -0.2) is 51.1 Å². The molecule has 0 spiro atoms. The molecular weight excluding hydrogens is 520 g/mol. The smallest absolute Gasteiger partial charge is 0.321 e. The van der Waals surface area contributed by atoms with Crippen LogP contribution in [0, 0.1) is 11.8 Å². The first kappa shape index (κ1) is 28.8. The second kappa shape index (κ2) is 10.9. The van der Waals surface area contributed by atoms with E-state index in [9.17, 15) is 36.6 Å². The van der Waals surface area contributed by atoms with Gasteiger partial charge in [-0.1, -0.05) is 39.8 Å². The highest BCUT2D eigenvalue weighted by Crippen LogP contribution is 2.38. The van der Waals surface area contributed by atoms with Gasteiger partial charge in [-0.2, -0.15) is 9.44 Å². The number of carboxylic acid groups (broad SMARTS) is 2. The Balaban J connectivity index is 1.86. The zero-order chi connectivity index (χ0) is 27.7. The molecule has 12 heteroatoms. The van der Waals surface area contributed by atoms with Crippen molar-refractivity contribution < 1.29 is 36.6 Å². The van der Waals surface area contributed by atoms with E-state index < -0.39 is 44.1 Å². The number of fused-ring (bicyclic) bond motifs is 3. The first-order valence-electron chi connectivity index (χ1n) is 11.9. The standard InChI is InChI=1S/C25H32N2O8S2/c1-14(2)9-22(24(28)29)26-36(32,33)18-5-7-20-16(12-18)11-17-13-19(6-8-21(17)20)37(34,35)27-23(25(30)31)10-15(3)4/h5-8,12-15,22-23,26-27H,9-11H2,1-4H3,(H,28,29)(H,30,31). The summed E-state index contributed by atoms with van der Waals surface area (Å²) in [6.07, 6.45) is 0.534. The number of rotatable bonds is 12. The fourth-order valence-electron chi connectivity index (χ4n) is 4.35. The molecule has 4 N–H and O–H groups in total. The van der Waals surface area contributed by atoms with Gasteiger partial charge in [0.15, 0.2) is 0 Å². The molecule has 0 saturated heterocycles. The van der Waals surface area contributed by atoms with E-state index in [1.807, 2.05) is 0 Å². The quantitative estimate of drug-likeness (QED) is 0.266. The summed E-state index contributed by atoms with van der Waals surface area (Å²) < 4.78 is 56.2. The van der Waals surface area contributed by atoms with Gasteiger partial charge < -0.3 is 10.2 Å². The molecule has 0 aromatic heterocycles. The van der Waals surface area contributed by atoms with Gasteiger partial charge in [0.1, 0.15) is 12.1 Å². The third-order valence-corrected chi connectivity index (χ3v) is 8.99. The molecule has 37 heavy (non-hydrogen) atoms. The third kappa shape index (κ3) is 6.75. The normalized spacial score (nSPS) is 14.9. The topological polar surface area (TPSA) is 167 Å². The molecule has 2 aromatic carbocycles. The molecule has 2 unspecified atom stereocenters. The minimum absolute atomic E-state index is 0.0329. The van der Waals surface area contributed by atoms with E-state index in [1.54, 1.807) is 39.8 Å². The summed E-state index contributed by atoms with van der Waals surface area (Å²) in [6.45, 7) is 7.19. The molecular formula is C25H32N2O8S2. The molecule has 3 rings (SSSR count). The van der Waals surface area contributed by atoms with Crippen LogP contribution in [0.25, 0.3) is 11.1 Å². The first-order chi connectivity index (χ1) is 17.1. The number of aliphatic carboxylic acids is 2. The van der Waals surface area contributed by atoms with Crippen LogP contribution in [0.15, 0.2) is 46.2 Å². The van der Waals surface area contributed by atoms with Crippen LogP contribution in [0.5, 0.6) is 0 Å². The molecule has 0 bridgehead atoms. The highest BCUT2D eigenvalue weighted by molar-refractivity contribution is 7.89. The Morgan fingerprint density at radius 2 is 1.08 bits per heavy atom. The largest absolute Gasteiger partial charge is 0.480 e. The summed E-state index contributed by atoms with van der Waals surface area (Å²) in [4.78, 5) is 22.9. The lowest BCUT2D eigenvalue weighted by Crippen LogP contribution is -2.41. The van der Waals surface area contributed by atoms with Crippen molar-refractivity contribution in [2.45, 2.75) is 68.8 Å². The molecule has 1 aliphatic rings. The van der Waals surface area contributed by atoms with Crippen LogP contribution in [0.1, 0.15) is 51.7 Å². The summed E-state index contributed by atoms with van der Waals surface area (Å²) in [5.74, 6) is -2.58. The number of benzene rings is 2. The van der Waals surface area contributed by atoms with Crippen molar-refractivity contribution in [3.05, 3.63) is 47.5 Å². The lowest BCUT2D eigenvalue weighted by atomic mass is 10.1. The Hall–Kier alpha value is -2.80. The number of hydrogen-bond donors (Lipinski definition) is 4. The van der Waals surface area contributed by atoms with Gasteiger partial charge in [0, 0.05) is 0 Å². The maximum Gasteiger partial charge on any atom is 0.321 e. The van der Waals surface area contributed by atoms with Gasteiger partial charge >= 0.3 is 11.9 Å². The summed E-state index contributed by atoms with van der Waals surface area (Å²) in [5, 5.41) is 18.8. The molecule has 202 valence electrons. The van der Waals surface area contributed by atoms with Crippen molar-refractivity contribution in [1.82, 2.24) is 9.44 Å². The number of hydrogen-bond acceptors (Lipinski definition) is 6. The molecule has 0 fully saturated rings. The van der Waals surface area contributed by atoms with Gasteiger partial charge in [-0.3, -0.25) is 9.59 Å². The Labute approximate surface area is 217 Å². The molecule has 2 atom stereocenters. The Morgan fingerprint density at radius 1 is 0.730 bits per heavy atom. The molecule has 1 aliphatic carbocycles. The van der Waals surface area contributed by atoms with E-state index in [0.717, 1.165) is 11.1 Å². The van der Waals surface area contributed by atoms with Crippen molar-refractivity contribution >= 4 is 32.0 Å². The average Bonchev–Trinajstić information content (AvgIpc) is 3.14. The highest BCUT2D eigenvalue weighted by Gasteiger charge is 2.30. The Bertz CT molecular complexity index is 1310. The summed E-state index contributed by atoms with van der Waals surface area (Å²) >= 11 is 0. The highest BCUT2D eigenvalue weighted by atomic mass is 32.2. The van der Waals surface area contributed by atoms with Gasteiger partial charge in [0.25, 0.3) is 0 Å². The molecule has 0 heterocycles. The van der Waals surface area contributed by atoms with Gasteiger partial charge in [0.05, 0.1) is 9.79 Å². The van der Waals surface area contributed by atoms with Gasteiger partial charge in [-0.25, -0.2) is 16.8 Å². The van der Waals surface area contributed by atoms with Crippen molar-refractivity contribution in [2.24, 2.45) is 11.8 Å². The predicted octanol–water partition coefficient (Wildman–Crippen LogP) is 2.81. The lowest BCUT2D eigenvalue weighted by molar-refractivity contribution is -0.140. The van der Waals surface area contributed by atoms with E-state index in [2.05, 4.69) is 9.44 Å². The van der Waals surface area contributed by atoms with Crippen molar-refractivity contribution in [1.29, 1.82) is 0 Å². The molecule has 0 amide bonds. The first-order valence-corrected chi connectivity index (χ1v) is 14.8. The minimum atomic E-state index is -4.11. The number of carboxylic acids is 2. The number of sulfonamides is 2. The maximum atomic E-state index is 12.9. The molecule has 0 aliphatic heterocycles. The maximum absolute atomic E-state index is 12.9. The molecule has 2 aromatic rings. The van der Waals surface area contributed by atoms with Crippen LogP contribution >= 0.6 is 0 Å². The molecule has 10 nitrogen and oxygen atoms in total. The summed E-state index contributed by atoms with van der Waals surface area (Å²) in [7, 11) is -8.23. The van der Waals surface area contributed by atoms with E-state index in [0.29, 0.717) is 11.1 Å². The minimum Gasteiger partial charge on any atom is -0.480 e.